The van der Waals surface area contributed by atoms with Crippen LogP contribution < -0.4 is 5.01 Å². The summed E-state index contributed by atoms with van der Waals surface area (Å²) in [5.41, 5.74) is 4.71. The van der Waals surface area contributed by atoms with E-state index in [9.17, 15) is 0 Å². The number of fused-ring (bicyclic) bond motifs is 3. The lowest BCUT2D eigenvalue weighted by atomic mass is 9.82. The molecule has 0 saturated carbocycles. The summed E-state index contributed by atoms with van der Waals surface area (Å²) in [6.07, 6.45) is 5.26. The Morgan fingerprint density at radius 2 is 1.95 bits per heavy atom. The Morgan fingerprint density at radius 1 is 1.10 bits per heavy atom. The Hall–Kier alpha value is -1.87. The number of aryl methyl sites for hydroxylation is 1. The topological polar surface area (TPSA) is 28.5 Å². The molecule has 0 saturated heterocycles. The highest BCUT2D eigenvalue weighted by Gasteiger charge is 2.30. The number of nitrogens with zero attached hydrogens (tertiary/aromatic N) is 3. The van der Waals surface area contributed by atoms with Crippen LogP contribution in [0.4, 0.5) is 5.69 Å². The molecule has 1 aliphatic heterocycles. The van der Waals surface area contributed by atoms with E-state index in [-0.39, 0.29) is 0 Å². The van der Waals surface area contributed by atoms with Crippen LogP contribution in [0.2, 0.25) is 5.02 Å². The molecule has 2 aliphatic rings. The average molecular weight is 298 g/mol. The summed E-state index contributed by atoms with van der Waals surface area (Å²) in [4.78, 5) is 4.50. The number of halogens is 1. The lowest BCUT2D eigenvalue weighted by molar-refractivity contribution is 0.527. The number of hydrazone groups is 1. The summed E-state index contributed by atoms with van der Waals surface area (Å²) in [5, 5.41) is 7.76. The second-order valence-corrected chi connectivity index (χ2v) is 6.04. The molecule has 1 unspecified atom stereocenters. The predicted octanol–water partition coefficient (Wildman–Crippen LogP) is 3.91. The number of hydrogen-bond donors (Lipinski definition) is 0. The second-order valence-electron chi connectivity index (χ2n) is 5.61. The highest BCUT2D eigenvalue weighted by molar-refractivity contribution is 6.30. The Kier molecular flexibility index (Phi) is 3.15. The van der Waals surface area contributed by atoms with Gasteiger partial charge in [0.15, 0.2) is 0 Å². The highest BCUT2D eigenvalue weighted by Crippen LogP contribution is 2.32. The molecule has 1 atom stereocenters. The largest absolute Gasteiger partial charge is 0.265 e. The van der Waals surface area contributed by atoms with Gasteiger partial charge in [-0.05, 0) is 55.7 Å². The van der Waals surface area contributed by atoms with Crippen LogP contribution in [0.1, 0.15) is 24.1 Å². The van der Waals surface area contributed by atoms with Crippen LogP contribution in [-0.2, 0) is 6.42 Å². The van der Waals surface area contributed by atoms with E-state index in [2.05, 4.69) is 16.1 Å². The molecule has 2 heterocycles. The SMILES string of the molecule is Clc1ccc(N2CCC3CCc4ncccc4C3=N2)cc1. The van der Waals surface area contributed by atoms with Crippen LogP contribution in [0, 0.1) is 5.92 Å². The first-order valence-electron chi connectivity index (χ1n) is 7.37. The Bertz CT molecular complexity index is 693. The van der Waals surface area contributed by atoms with E-state index in [0.717, 1.165) is 36.5 Å². The van der Waals surface area contributed by atoms with Crippen molar-refractivity contribution in [2.45, 2.75) is 19.3 Å². The molecule has 106 valence electrons. The van der Waals surface area contributed by atoms with Gasteiger partial charge in [0.05, 0.1) is 11.4 Å². The maximum atomic E-state index is 5.97. The number of anilines is 1. The van der Waals surface area contributed by atoms with Crippen molar-refractivity contribution in [1.29, 1.82) is 0 Å². The van der Waals surface area contributed by atoms with Gasteiger partial charge in [-0.25, -0.2) is 0 Å². The molecule has 21 heavy (non-hydrogen) atoms. The molecule has 3 nitrogen and oxygen atoms in total. The van der Waals surface area contributed by atoms with Crippen molar-refractivity contribution >= 4 is 23.0 Å². The standard InChI is InChI=1S/C17H16ClN3/c18-13-4-6-14(7-5-13)21-11-9-12-3-8-16-15(17(12)20-21)2-1-10-19-16/h1-2,4-7,10,12H,3,8-9,11H2. The first kappa shape index (κ1) is 12.8. The Labute approximate surface area is 129 Å². The third kappa shape index (κ3) is 2.32. The van der Waals surface area contributed by atoms with Crippen LogP contribution in [-0.4, -0.2) is 17.2 Å². The van der Waals surface area contributed by atoms with Gasteiger partial charge in [0.25, 0.3) is 0 Å². The predicted molar refractivity (Wildman–Crippen MR) is 86.0 cm³/mol. The van der Waals surface area contributed by atoms with Gasteiger partial charge in [-0.3, -0.25) is 9.99 Å². The van der Waals surface area contributed by atoms with E-state index in [4.69, 9.17) is 16.7 Å². The van der Waals surface area contributed by atoms with Crippen molar-refractivity contribution in [3.05, 3.63) is 58.9 Å². The smallest absolute Gasteiger partial charge is 0.0731 e. The number of rotatable bonds is 1. The van der Waals surface area contributed by atoms with Crippen molar-refractivity contribution in [3.8, 4) is 0 Å². The minimum absolute atomic E-state index is 0.574. The minimum atomic E-state index is 0.574. The van der Waals surface area contributed by atoms with Crippen molar-refractivity contribution in [3.63, 3.8) is 0 Å². The molecule has 0 bridgehead atoms. The van der Waals surface area contributed by atoms with Crippen LogP contribution >= 0.6 is 11.6 Å². The highest BCUT2D eigenvalue weighted by atomic mass is 35.5. The third-order valence-corrected chi connectivity index (χ3v) is 4.58. The van der Waals surface area contributed by atoms with Crippen molar-refractivity contribution in [2.24, 2.45) is 11.0 Å². The molecule has 1 aromatic heterocycles. The summed E-state index contributed by atoms with van der Waals surface area (Å²) in [5.74, 6) is 0.574. The van der Waals surface area contributed by atoms with Gasteiger partial charge in [0.1, 0.15) is 0 Å². The Balaban J connectivity index is 1.74. The van der Waals surface area contributed by atoms with E-state index in [1.807, 2.05) is 36.5 Å². The first-order valence-corrected chi connectivity index (χ1v) is 7.75. The fourth-order valence-electron chi connectivity index (χ4n) is 3.21. The number of aromatic nitrogens is 1. The van der Waals surface area contributed by atoms with E-state index in [1.165, 1.54) is 17.0 Å². The summed E-state index contributed by atoms with van der Waals surface area (Å²) < 4.78 is 0. The van der Waals surface area contributed by atoms with E-state index >= 15 is 0 Å². The van der Waals surface area contributed by atoms with Crippen LogP contribution in [0.25, 0.3) is 0 Å². The molecule has 1 aliphatic carbocycles. The van der Waals surface area contributed by atoms with Crippen LogP contribution in [0.5, 0.6) is 0 Å². The lowest BCUT2D eigenvalue weighted by Gasteiger charge is -2.34. The number of pyridine rings is 1. The van der Waals surface area contributed by atoms with Crippen molar-refractivity contribution in [2.75, 3.05) is 11.6 Å². The molecule has 0 N–H and O–H groups in total. The molecular formula is C17H16ClN3. The molecule has 4 rings (SSSR count). The minimum Gasteiger partial charge on any atom is -0.265 e. The lowest BCUT2D eigenvalue weighted by Crippen LogP contribution is -2.35. The fourth-order valence-corrected chi connectivity index (χ4v) is 3.34. The molecular weight excluding hydrogens is 282 g/mol. The van der Waals surface area contributed by atoms with Gasteiger partial charge in [-0.15, -0.1) is 0 Å². The molecule has 4 heteroatoms. The number of hydrogen-bond acceptors (Lipinski definition) is 3. The van der Waals surface area contributed by atoms with Gasteiger partial charge in [-0.2, -0.15) is 5.10 Å². The summed E-state index contributed by atoms with van der Waals surface area (Å²) in [7, 11) is 0. The summed E-state index contributed by atoms with van der Waals surface area (Å²) in [6, 6.07) is 12.0. The van der Waals surface area contributed by atoms with E-state index in [1.54, 1.807) is 0 Å². The zero-order chi connectivity index (χ0) is 14.2. The van der Waals surface area contributed by atoms with Gasteiger partial charge < -0.3 is 0 Å². The van der Waals surface area contributed by atoms with Crippen molar-refractivity contribution in [1.82, 2.24) is 4.98 Å². The monoisotopic (exact) mass is 297 g/mol. The average Bonchev–Trinajstić information content (AvgIpc) is 2.55. The number of benzene rings is 1. The normalized spacial score (nSPS) is 20.5. The van der Waals surface area contributed by atoms with Gasteiger partial charge in [-0.1, -0.05) is 11.6 Å². The second kappa shape index (κ2) is 5.15. The molecule has 0 radical (unpaired) electrons. The summed E-state index contributed by atoms with van der Waals surface area (Å²) >= 11 is 5.97. The molecule has 2 aromatic rings. The summed E-state index contributed by atoms with van der Waals surface area (Å²) in [6.45, 7) is 0.964. The molecule has 1 aromatic carbocycles. The zero-order valence-corrected chi connectivity index (χ0v) is 12.4. The molecule has 0 amide bonds. The van der Waals surface area contributed by atoms with E-state index < -0.39 is 0 Å². The Morgan fingerprint density at radius 3 is 2.81 bits per heavy atom. The third-order valence-electron chi connectivity index (χ3n) is 4.32. The maximum absolute atomic E-state index is 5.97. The van der Waals surface area contributed by atoms with Crippen LogP contribution in [0.3, 0.4) is 0 Å². The van der Waals surface area contributed by atoms with Gasteiger partial charge in [0, 0.05) is 34.9 Å². The van der Waals surface area contributed by atoms with E-state index in [0.29, 0.717) is 5.92 Å². The first-order chi connectivity index (χ1) is 10.3. The molecule has 0 spiro atoms. The quantitative estimate of drug-likeness (QED) is 0.798. The maximum Gasteiger partial charge on any atom is 0.0731 e. The van der Waals surface area contributed by atoms with Gasteiger partial charge >= 0.3 is 0 Å². The zero-order valence-electron chi connectivity index (χ0n) is 11.7. The van der Waals surface area contributed by atoms with Gasteiger partial charge in [0.2, 0.25) is 0 Å². The van der Waals surface area contributed by atoms with Crippen molar-refractivity contribution < 1.29 is 0 Å². The fraction of sp³-hybridized carbons (Fsp3) is 0.294. The molecule has 0 fully saturated rings. The van der Waals surface area contributed by atoms with Crippen LogP contribution in [0.15, 0.2) is 47.7 Å².